The van der Waals surface area contributed by atoms with Crippen LogP contribution in [0, 0.1) is 11.8 Å². The SMILES string of the molecule is Nc1ccc(C#Cc2[nH]nc3ccc(-c4ccc(N5CCOCC5)cc4)cc23)cn1. The van der Waals surface area contributed by atoms with E-state index in [1.807, 2.05) is 12.1 Å². The van der Waals surface area contributed by atoms with Gasteiger partial charge in [-0.05, 0) is 53.4 Å². The molecule has 148 valence electrons. The Morgan fingerprint density at radius 2 is 1.73 bits per heavy atom. The molecule has 0 aliphatic carbocycles. The number of aromatic amines is 1. The predicted molar refractivity (Wildman–Crippen MR) is 119 cm³/mol. The van der Waals surface area contributed by atoms with Crippen molar-refractivity contribution in [2.45, 2.75) is 0 Å². The van der Waals surface area contributed by atoms with E-state index in [0.29, 0.717) is 5.82 Å². The summed E-state index contributed by atoms with van der Waals surface area (Å²) in [6.07, 6.45) is 1.67. The normalized spacial score (nSPS) is 13.8. The molecule has 30 heavy (non-hydrogen) atoms. The minimum Gasteiger partial charge on any atom is -0.384 e. The van der Waals surface area contributed by atoms with Crippen molar-refractivity contribution >= 4 is 22.4 Å². The van der Waals surface area contributed by atoms with Crippen LogP contribution in [0.3, 0.4) is 0 Å². The number of nitrogen functional groups attached to an aromatic ring is 1. The zero-order valence-electron chi connectivity index (χ0n) is 16.4. The number of aromatic nitrogens is 3. The summed E-state index contributed by atoms with van der Waals surface area (Å²) in [5, 5.41) is 8.41. The van der Waals surface area contributed by atoms with E-state index < -0.39 is 0 Å². The number of ether oxygens (including phenoxy) is 1. The maximum absolute atomic E-state index is 5.63. The van der Waals surface area contributed by atoms with E-state index in [0.717, 1.165) is 59.6 Å². The fraction of sp³-hybridized carbons (Fsp3) is 0.167. The third-order valence-electron chi connectivity index (χ3n) is 5.25. The van der Waals surface area contributed by atoms with Crippen LogP contribution in [0.15, 0.2) is 60.8 Å². The summed E-state index contributed by atoms with van der Waals surface area (Å²) in [6, 6.07) is 18.5. The maximum Gasteiger partial charge on any atom is 0.123 e. The average molecular weight is 395 g/mol. The second-order valence-electron chi connectivity index (χ2n) is 7.20. The molecule has 1 aliphatic heterocycles. The standard InChI is InChI=1S/C24H21N5O/c25-24-10-2-17(16-26-24)1-8-22-21-15-19(5-9-23(21)28-27-22)18-3-6-20(7-4-18)29-11-13-30-14-12-29/h2-7,9-10,15-16H,11-14H2,(H2,25,26)(H,27,28). The molecule has 3 N–H and O–H groups in total. The van der Waals surface area contributed by atoms with Crippen molar-refractivity contribution in [2.24, 2.45) is 0 Å². The second-order valence-corrected chi connectivity index (χ2v) is 7.20. The Labute approximate surface area is 174 Å². The fourth-order valence-electron chi connectivity index (χ4n) is 3.59. The number of morpholine rings is 1. The molecule has 4 aromatic rings. The molecule has 0 amide bonds. The van der Waals surface area contributed by atoms with Crippen LogP contribution in [-0.4, -0.2) is 41.5 Å². The van der Waals surface area contributed by atoms with Crippen LogP contribution in [0.25, 0.3) is 22.0 Å². The highest BCUT2D eigenvalue weighted by molar-refractivity contribution is 5.88. The van der Waals surface area contributed by atoms with Crippen molar-refractivity contribution in [2.75, 3.05) is 36.9 Å². The van der Waals surface area contributed by atoms with Crippen LogP contribution in [0.4, 0.5) is 11.5 Å². The van der Waals surface area contributed by atoms with E-state index in [2.05, 4.69) is 68.3 Å². The minimum absolute atomic E-state index is 0.483. The van der Waals surface area contributed by atoms with Gasteiger partial charge in [0.1, 0.15) is 11.5 Å². The number of benzene rings is 2. The Bertz CT molecular complexity index is 1230. The molecule has 0 atom stereocenters. The first-order valence-corrected chi connectivity index (χ1v) is 9.91. The number of hydrogen-bond acceptors (Lipinski definition) is 5. The highest BCUT2D eigenvalue weighted by Crippen LogP contribution is 2.27. The summed E-state index contributed by atoms with van der Waals surface area (Å²) >= 11 is 0. The Morgan fingerprint density at radius 3 is 2.50 bits per heavy atom. The molecule has 0 saturated carbocycles. The van der Waals surface area contributed by atoms with E-state index >= 15 is 0 Å². The third-order valence-corrected chi connectivity index (χ3v) is 5.25. The second kappa shape index (κ2) is 7.90. The fourth-order valence-corrected chi connectivity index (χ4v) is 3.59. The molecule has 0 unspecified atom stereocenters. The van der Waals surface area contributed by atoms with Gasteiger partial charge < -0.3 is 15.4 Å². The van der Waals surface area contributed by atoms with Crippen molar-refractivity contribution in [3.63, 3.8) is 0 Å². The number of nitrogens with one attached hydrogen (secondary N) is 1. The van der Waals surface area contributed by atoms with Gasteiger partial charge in [-0.15, -0.1) is 0 Å². The van der Waals surface area contributed by atoms with Crippen LogP contribution < -0.4 is 10.6 Å². The van der Waals surface area contributed by atoms with E-state index in [1.165, 1.54) is 5.69 Å². The topological polar surface area (TPSA) is 80.1 Å². The maximum atomic E-state index is 5.63. The van der Waals surface area contributed by atoms with E-state index in [4.69, 9.17) is 10.5 Å². The summed E-state index contributed by atoms with van der Waals surface area (Å²) in [4.78, 5) is 6.43. The van der Waals surface area contributed by atoms with Gasteiger partial charge in [-0.2, -0.15) is 5.10 Å². The van der Waals surface area contributed by atoms with Gasteiger partial charge in [-0.25, -0.2) is 4.98 Å². The van der Waals surface area contributed by atoms with Gasteiger partial charge >= 0.3 is 0 Å². The average Bonchev–Trinajstić information content (AvgIpc) is 3.22. The smallest absolute Gasteiger partial charge is 0.123 e. The molecule has 6 heteroatoms. The molecule has 0 bridgehead atoms. The third kappa shape index (κ3) is 3.71. The van der Waals surface area contributed by atoms with Crippen molar-refractivity contribution < 1.29 is 4.74 Å². The lowest BCUT2D eigenvalue weighted by Gasteiger charge is -2.28. The quantitative estimate of drug-likeness (QED) is 0.508. The molecule has 0 spiro atoms. The Kier molecular flexibility index (Phi) is 4.80. The van der Waals surface area contributed by atoms with Crippen molar-refractivity contribution in [3.8, 4) is 23.0 Å². The molecule has 3 heterocycles. The van der Waals surface area contributed by atoms with Gasteiger partial charge in [0.05, 0.1) is 18.7 Å². The molecule has 6 nitrogen and oxygen atoms in total. The van der Waals surface area contributed by atoms with Gasteiger partial charge in [-0.3, -0.25) is 5.10 Å². The number of rotatable bonds is 2. The van der Waals surface area contributed by atoms with E-state index in [9.17, 15) is 0 Å². The first-order valence-electron chi connectivity index (χ1n) is 9.91. The molecule has 5 rings (SSSR count). The Morgan fingerprint density at radius 1 is 0.933 bits per heavy atom. The molecule has 2 aromatic heterocycles. The molecule has 1 aliphatic rings. The summed E-state index contributed by atoms with van der Waals surface area (Å²) < 4.78 is 5.44. The summed E-state index contributed by atoms with van der Waals surface area (Å²) in [6.45, 7) is 3.45. The molecular weight excluding hydrogens is 374 g/mol. The van der Waals surface area contributed by atoms with Crippen LogP contribution in [-0.2, 0) is 4.74 Å². The number of pyridine rings is 1. The monoisotopic (exact) mass is 395 g/mol. The lowest BCUT2D eigenvalue weighted by Crippen LogP contribution is -2.36. The molecule has 1 fully saturated rings. The van der Waals surface area contributed by atoms with Crippen LogP contribution in [0.5, 0.6) is 0 Å². The van der Waals surface area contributed by atoms with Crippen LogP contribution >= 0.6 is 0 Å². The highest BCUT2D eigenvalue weighted by atomic mass is 16.5. The predicted octanol–water partition coefficient (Wildman–Crippen LogP) is 3.44. The van der Waals surface area contributed by atoms with E-state index in [-0.39, 0.29) is 0 Å². The highest BCUT2D eigenvalue weighted by Gasteiger charge is 2.11. The van der Waals surface area contributed by atoms with Gasteiger partial charge in [0, 0.05) is 35.9 Å². The molecule has 0 radical (unpaired) electrons. The number of anilines is 2. The Balaban J connectivity index is 1.43. The summed E-state index contributed by atoms with van der Waals surface area (Å²) in [5.41, 5.74) is 11.6. The van der Waals surface area contributed by atoms with Gasteiger partial charge in [0.25, 0.3) is 0 Å². The zero-order valence-corrected chi connectivity index (χ0v) is 16.4. The van der Waals surface area contributed by atoms with E-state index in [1.54, 1.807) is 12.3 Å². The Hall–Kier alpha value is -3.82. The molecule has 2 aromatic carbocycles. The minimum atomic E-state index is 0.483. The number of fused-ring (bicyclic) bond motifs is 1. The van der Waals surface area contributed by atoms with Crippen molar-refractivity contribution in [1.29, 1.82) is 0 Å². The van der Waals surface area contributed by atoms with Crippen LogP contribution in [0.1, 0.15) is 11.3 Å². The van der Waals surface area contributed by atoms with Crippen molar-refractivity contribution in [3.05, 3.63) is 72.1 Å². The van der Waals surface area contributed by atoms with Gasteiger partial charge in [0.2, 0.25) is 0 Å². The number of hydrogen-bond donors (Lipinski definition) is 2. The lowest BCUT2D eigenvalue weighted by molar-refractivity contribution is 0.122. The molecular formula is C24H21N5O. The zero-order chi connectivity index (χ0) is 20.3. The number of nitrogens with two attached hydrogens (primary N) is 1. The van der Waals surface area contributed by atoms with Crippen LogP contribution in [0.2, 0.25) is 0 Å². The lowest BCUT2D eigenvalue weighted by atomic mass is 10.0. The first-order chi connectivity index (χ1) is 14.8. The largest absolute Gasteiger partial charge is 0.384 e. The van der Waals surface area contributed by atoms with Gasteiger partial charge in [-0.1, -0.05) is 24.1 Å². The van der Waals surface area contributed by atoms with Gasteiger partial charge in [0.15, 0.2) is 0 Å². The number of nitrogens with zero attached hydrogens (tertiary/aromatic N) is 3. The van der Waals surface area contributed by atoms with Crippen molar-refractivity contribution in [1.82, 2.24) is 15.2 Å². The number of H-pyrrole nitrogens is 1. The summed E-state index contributed by atoms with van der Waals surface area (Å²) in [7, 11) is 0. The summed E-state index contributed by atoms with van der Waals surface area (Å²) in [5.74, 6) is 6.76. The first kappa shape index (κ1) is 18.2. The molecule has 1 saturated heterocycles.